The van der Waals surface area contributed by atoms with Gasteiger partial charge in [-0.25, -0.2) is 4.98 Å². The molecule has 5 nitrogen and oxygen atoms in total. The van der Waals surface area contributed by atoms with Crippen LogP contribution in [0.3, 0.4) is 0 Å². The van der Waals surface area contributed by atoms with Crippen LogP contribution in [0.4, 0.5) is 5.82 Å². The Balaban J connectivity index is 0.00000256. The molecule has 0 unspecified atom stereocenters. The van der Waals surface area contributed by atoms with Gasteiger partial charge in [0.1, 0.15) is 5.82 Å². The first-order chi connectivity index (χ1) is 7.65. The number of aromatic nitrogens is 1. The Hall–Kier alpha value is -1.33. The number of carbonyl (C=O) groups excluding carboxylic acids is 1. The molecule has 2 N–H and O–H groups in total. The van der Waals surface area contributed by atoms with Crippen molar-refractivity contribution in [3.8, 4) is 0 Å². The van der Waals surface area contributed by atoms with E-state index in [1.807, 2.05) is 31.1 Å². The highest BCUT2D eigenvalue weighted by Crippen LogP contribution is 2.13. The van der Waals surface area contributed by atoms with Gasteiger partial charge in [-0.15, -0.1) is 12.4 Å². The van der Waals surface area contributed by atoms with Crippen LogP contribution >= 0.6 is 12.4 Å². The lowest BCUT2D eigenvalue weighted by molar-refractivity contribution is -0.120. The van der Waals surface area contributed by atoms with Crippen LogP contribution in [0.25, 0.3) is 0 Å². The molecular weight excluding hydrogens is 240 g/mol. The Labute approximate surface area is 108 Å². The lowest BCUT2D eigenvalue weighted by atomic mass is 10.2. The molecule has 0 bridgehead atoms. The zero-order chi connectivity index (χ0) is 12.0. The fraction of sp³-hybridized carbons (Fsp3) is 0.455. The van der Waals surface area contributed by atoms with Crippen LogP contribution in [-0.2, 0) is 11.3 Å². The van der Waals surface area contributed by atoms with Crippen molar-refractivity contribution in [1.29, 1.82) is 0 Å². The molecule has 0 aliphatic carbocycles. The quantitative estimate of drug-likeness (QED) is 0.803. The average molecular weight is 259 g/mol. The maximum Gasteiger partial charge on any atom is 0.234 e. The molecule has 1 aromatic rings. The normalized spacial score (nSPS) is 9.35. The van der Waals surface area contributed by atoms with E-state index in [1.54, 1.807) is 13.2 Å². The predicted molar refractivity (Wildman–Crippen MR) is 71.6 cm³/mol. The maximum absolute atomic E-state index is 11.3. The lowest BCUT2D eigenvalue weighted by Gasteiger charge is -2.16. The maximum atomic E-state index is 11.3. The zero-order valence-corrected chi connectivity index (χ0v) is 11.2. The van der Waals surface area contributed by atoms with Gasteiger partial charge in [0.25, 0.3) is 0 Å². The molecular formula is C11H19ClN4O. The first-order valence-corrected chi connectivity index (χ1v) is 5.17. The molecule has 1 aromatic heterocycles. The minimum absolute atomic E-state index is 0. The number of amides is 1. The molecule has 1 amide bonds. The first-order valence-electron chi connectivity index (χ1n) is 5.17. The van der Waals surface area contributed by atoms with E-state index < -0.39 is 0 Å². The largest absolute Gasteiger partial charge is 0.362 e. The van der Waals surface area contributed by atoms with Crippen LogP contribution in [0, 0.1) is 0 Å². The van der Waals surface area contributed by atoms with E-state index in [0.29, 0.717) is 13.1 Å². The minimum Gasteiger partial charge on any atom is -0.362 e. The van der Waals surface area contributed by atoms with Crippen molar-refractivity contribution in [2.75, 3.05) is 32.6 Å². The van der Waals surface area contributed by atoms with E-state index in [4.69, 9.17) is 0 Å². The number of pyridine rings is 1. The predicted octanol–water partition coefficient (Wildman–Crippen LogP) is 0.405. The summed E-state index contributed by atoms with van der Waals surface area (Å²) in [6.07, 6.45) is 1.74. The molecule has 0 aliphatic heterocycles. The topological polar surface area (TPSA) is 57.3 Å². The van der Waals surface area contributed by atoms with Crippen molar-refractivity contribution in [3.05, 3.63) is 23.9 Å². The van der Waals surface area contributed by atoms with Crippen molar-refractivity contribution in [3.63, 3.8) is 0 Å². The molecule has 0 saturated heterocycles. The van der Waals surface area contributed by atoms with E-state index in [1.165, 1.54) is 0 Å². The number of hydrogen-bond acceptors (Lipinski definition) is 4. The van der Waals surface area contributed by atoms with Gasteiger partial charge in [-0.2, -0.15) is 0 Å². The third-order valence-electron chi connectivity index (χ3n) is 2.10. The molecule has 17 heavy (non-hydrogen) atoms. The van der Waals surface area contributed by atoms with E-state index in [2.05, 4.69) is 15.6 Å². The minimum atomic E-state index is -0.0175. The molecule has 0 spiro atoms. The van der Waals surface area contributed by atoms with Crippen molar-refractivity contribution in [2.24, 2.45) is 0 Å². The standard InChI is InChI=1S/C11H18N4O.ClH/c1-12-8-10(16)14-7-9-5-4-6-13-11(9)15(2)3;/h4-6,12H,7-8H2,1-3H3,(H,14,16);1H. The van der Waals surface area contributed by atoms with Gasteiger partial charge in [0, 0.05) is 32.4 Å². The Kier molecular flexibility index (Phi) is 7.25. The first kappa shape index (κ1) is 15.7. The third kappa shape index (κ3) is 5.01. The molecule has 1 heterocycles. The molecule has 0 atom stereocenters. The molecule has 0 fully saturated rings. The summed E-state index contributed by atoms with van der Waals surface area (Å²) in [4.78, 5) is 17.5. The molecule has 0 radical (unpaired) electrons. The Morgan fingerprint density at radius 2 is 2.18 bits per heavy atom. The van der Waals surface area contributed by atoms with Gasteiger partial charge in [-0.3, -0.25) is 4.79 Å². The molecule has 1 rings (SSSR count). The van der Waals surface area contributed by atoms with Gasteiger partial charge in [-0.05, 0) is 13.1 Å². The van der Waals surface area contributed by atoms with Gasteiger partial charge < -0.3 is 15.5 Å². The summed E-state index contributed by atoms with van der Waals surface area (Å²) in [6.45, 7) is 0.833. The number of halogens is 1. The van der Waals surface area contributed by atoms with Gasteiger partial charge in [0.2, 0.25) is 5.91 Å². The van der Waals surface area contributed by atoms with Crippen molar-refractivity contribution < 1.29 is 4.79 Å². The summed E-state index contributed by atoms with van der Waals surface area (Å²) in [7, 11) is 5.61. The number of nitrogens with one attached hydrogen (secondary N) is 2. The molecule has 96 valence electrons. The van der Waals surface area contributed by atoms with Gasteiger partial charge in [0.05, 0.1) is 6.54 Å². The van der Waals surface area contributed by atoms with Gasteiger partial charge >= 0.3 is 0 Å². The van der Waals surface area contributed by atoms with E-state index in [-0.39, 0.29) is 18.3 Å². The summed E-state index contributed by atoms with van der Waals surface area (Å²) in [5.41, 5.74) is 1.01. The van der Waals surface area contributed by atoms with Crippen LogP contribution in [0.2, 0.25) is 0 Å². The fourth-order valence-electron chi connectivity index (χ4n) is 1.39. The highest BCUT2D eigenvalue weighted by molar-refractivity contribution is 5.85. The fourth-order valence-corrected chi connectivity index (χ4v) is 1.39. The highest BCUT2D eigenvalue weighted by atomic mass is 35.5. The molecule has 0 aromatic carbocycles. The second-order valence-electron chi connectivity index (χ2n) is 3.69. The number of carbonyl (C=O) groups is 1. The lowest BCUT2D eigenvalue weighted by Crippen LogP contribution is -2.32. The Bertz CT molecular complexity index is 357. The molecule has 6 heteroatoms. The van der Waals surface area contributed by atoms with Crippen molar-refractivity contribution in [2.45, 2.75) is 6.54 Å². The summed E-state index contributed by atoms with van der Waals surface area (Å²) >= 11 is 0. The third-order valence-corrected chi connectivity index (χ3v) is 2.10. The number of hydrogen-bond donors (Lipinski definition) is 2. The Morgan fingerprint density at radius 1 is 1.47 bits per heavy atom. The summed E-state index contributed by atoms with van der Waals surface area (Å²) < 4.78 is 0. The second-order valence-corrected chi connectivity index (χ2v) is 3.69. The molecule has 0 saturated carbocycles. The van der Waals surface area contributed by atoms with E-state index in [9.17, 15) is 4.79 Å². The summed E-state index contributed by atoms with van der Waals surface area (Å²) in [6, 6.07) is 3.83. The van der Waals surface area contributed by atoms with Gasteiger partial charge in [-0.1, -0.05) is 6.07 Å². The second kappa shape index (κ2) is 7.86. The average Bonchev–Trinajstić information content (AvgIpc) is 2.27. The molecule has 0 aliphatic rings. The number of anilines is 1. The van der Waals surface area contributed by atoms with Crippen LogP contribution < -0.4 is 15.5 Å². The monoisotopic (exact) mass is 258 g/mol. The van der Waals surface area contributed by atoms with Crippen LogP contribution in [0.1, 0.15) is 5.56 Å². The van der Waals surface area contributed by atoms with E-state index in [0.717, 1.165) is 11.4 Å². The summed E-state index contributed by atoms with van der Waals surface area (Å²) in [5, 5.41) is 5.63. The smallest absolute Gasteiger partial charge is 0.234 e. The Morgan fingerprint density at radius 3 is 2.76 bits per heavy atom. The number of nitrogens with zero attached hydrogens (tertiary/aromatic N) is 2. The van der Waals surface area contributed by atoms with Crippen LogP contribution in [-0.4, -0.2) is 38.6 Å². The van der Waals surface area contributed by atoms with Crippen LogP contribution in [0.5, 0.6) is 0 Å². The van der Waals surface area contributed by atoms with Crippen molar-refractivity contribution in [1.82, 2.24) is 15.6 Å². The van der Waals surface area contributed by atoms with Crippen molar-refractivity contribution >= 4 is 24.1 Å². The number of likely N-dealkylation sites (N-methyl/N-ethyl adjacent to an activating group) is 1. The highest BCUT2D eigenvalue weighted by Gasteiger charge is 2.06. The van der Waals surface area contributed by atoms with Crippen LogP contribution in [0.15, 0.2) is 18.3 Å². The number of rotatable bonds is 5. The summed E-state index contributed by atoms with van der Waals surface area (Å²) in [5.74, 6) is 0.864. The zero-order valence-electron chi connectivity index (χ0n) is 10.4. The van der Waals surface area contributed by atoms with Gasteiger partial charge in [0.15, 0.2) is 0 Å². The van der Waals surface area contributed by atoms with E-state index >= 15 is 0 Å². The SMILES string of the molecule is CNCC(=O)NCc1cccnc1N(C)C.Cl.